The van der Waals surface area contributed by atoms with Crippen LogP contribution in [0.5, 0.6) is 0 Å². The molecule has 0 saturated carbocycles. The van der Waals surface area contributed by atoms with Gasteiger partial charge in [0.2, 0.25) is 0 Å². The molecule has 0 radical (unpaired) electrons. The average molecular weight is 256 g/mol. The lowest BCUT2D eigenvalue weighted by molar-refractivity contribution is 0.199. The van der Waals surface area contributed by atoms with Gasteiger partial charge in [-0.05, 0) is 36.8 Å². The smallest absolute Gasteiger partial charge is 0.0761 e. The van der Waals surface area contributed by atoms with Gasteiger partial charge in [0.15, 0.2) is 0 Å². The number of aliphatic hydroxyl groups is 1. The number of rotatable bonds is 5. The van der Waals surface area contributed by atoms with E-state index >= 15 is 0 Å². The predicted octanol–water partition coefficient (Wildman–Crippen LogP) is 2.81. The van der Waals surface area contributed by atoms with E-state index in [0.717, 1.165) is 29.9 Å². The monoisotopic (exact) mass is 256 g/mol. The Morgan fingerprint density at radius 3 is 2.47 bits per heavy atom. The van der Waals surface area contributed by atoms with Crippen molar-refractivity contribution in [1.29, 1.82) is 0 Å². The number of likely N-dealkylation sites (N-methyl/N-ethyl adjacent to an activating group) is 1. The molecule has 0 unspecified atom stereocenters. The average Bonchev–Trinajstić information content (AvgIpc) is 2.46. The molecule has 1 aromatic heterocycles. The molecule has 2 aromatic rings. The lowest BCUT2D eigenvalue weighted by atomic mass is 10.1. The third-order valence-corrected chi connectivity index (χ3v) is 3.25. The largest absolute Gasteiger partial charge is 0.389 e. The number of nitrogens with zero attached hydrogens (tertiary/aromatic N) is 2. The summed E-state index contributed by atoms with van der Waals surface area (Å²) in [5.41, 5.74) is 3.21. The first kappa shape index (κ1) is 13.6. The Morgan fingerprint density at radius 1 is 1.16 bits per heavy atom. The molecule has 0 amide bonds. The Labute approximate surface area is 114 Å². The van der Waals surface area contributed by atoms with E-state index < -0.39 is 6.10 Å². The second-order valence-electron chi connectivity index (χ2n) is 4.76. The molecule has 1 aromatic carbocycles. The summed E-state index contributed by atoms with van der Waals surface area (Å²) in [6, 6.07) is 14.0. The van der Waals surface area contributed by atoms with Crippen molar-refractivity contribution >= 4 is 5.69 Å². The molecule has 1 atom stereocenters. The molecule has 3 heteroatoms. The Kier molecular flexibility index (Phi) is 4.53. The Balaban J connectivity index is 1.94. The van der Waals surface area contributed by atoms with Crippen molar-refractivity contribution in [3.8, 4) is 0 Å². The number of benzene rings is 1. The van der Waals surface area contributed by atoms with Crippen LogP contribution in [0.25, 0.3) is 0 Å². The quantitative estimate of drug-likeness (QED) is 0.893. The highest BCUT2D eigenvalue weighted by Gasteiger charge is 2.04. The third-order valence-electron chi connectivity index (χ3n) is 3.25. The Bertz CT molecular complexity index is 494. The Hall–Kier alpha value is -1.87. The van der Waals surface area contributed by atoms with E-state index in [4.69, 9.17) is 0 Å². The van der Waals surface area contributed by atoms with Crippen LogP contribution in [0.1, 0.15) is 24.3 Å². The lowest BCUT2D eigenvalue weighted by Crippen LogP contribution is -2.20. The molecule has 0 aliphatic heterocycles. The number of hydrogen-bond acceptors (Lipinski definition) is 3. The number of hydrogen-bond donors (Lipinski definition) is 1. The molecule has 0 saturated heterocycles. The summed E-state index contributed by atoms with van der Waals surface area (Å²) in [6.07, 6.45) is 2.34. The van der Waals surface area contributed by atoms with E-state index in [1.807, 2.05) is 48.7 Å². The van der Waals surface area contributed by atoms with E-state index in [2.05, 4.69) is 16.9 Å². The van der Waals surface area contributed by atoms with Gasteiger partial charge in [0.05, 0.1) is 6.10 Å². The van der Waals surface area contributed by atoms with Gasteiger partial charge in [-0.25, -0.2) is 0 Å². The van der Waals surface area contributed by atoms with Crippen LogP contribution in [-0.2, 0) is 6.42 Å². The van der Waals surface area contributed by atoms with Gasteiger partial charge in [-0.3, -0.25) is 4.98 Å². The zero-order valence-electron chi connectivity index (χ0n) is 11.5. The van der Waals surface area contributed by atoms with Crippen molar-refractivity contribution in [2.75, 3.05) is 18.5 Å². The minimum absolute atomic E-state index is 0.409. The maximum Gasteiger partial charge on any atom is 0.0761 e. The molecule has 3 nitrogen and oxygen atoms in total. The standard InChI is InChI=1S/C16H20N2O/c1-13(19)14-6-8-16(9-7-14)18(2)12-10-15-5-3-4-11-17-15/h3-9,11,13,19H,10,12H2,1-2H3/t13-/m0/s1. The summed E-state index contributed by atoms with van der Waals surface area (Å²) in [6.45, 7) is 2.70. The van der Waals surface area contributed by atoms with Crippen LogP contribution in [0.2, 0.25) is 0 Å². The SMILES string of the molecule is C[C@H](O)c1ccc(N(C)CCc2ccccn2)cc1. The molecule has 19 heavy (non-hydrogen) atoms. The first-order chi connectivity index (χ1) is 9.16. The van der Waals surface area contributed by atoms with E-state index in [0.29, 0.717) is 0 Å². The molecule has 2 rings (SSSR count). The fraction of sp³-hybridized carbons (Fsp3) is 0.312. The van der Waals surface area contributed by atoms with Crippen LogP contribution < -0.4 is 4.90 Å². The van der Waals surface area contributed by atoms with E-state index in [-0.39, 0.29) is 0 Å². The van der Waals surface area contributed by atoms with Crippen molar-refractivity contribution in [3.05, 3.63) is 59.9 Å². The zero-order valence-corrected chi connectivity index (χ0v) is 11.5. The second kappa shape index (κ2) is 6.34. The van der Waals surface area contributed by atoms with Crippen molar-refractivity contribution in [1.82, 2.24) is 4.98 Å². The van der Waals surface area contributed by atoms with Crippen molar-refractivity contribution in [3.63, 3.8) is 0 Å². The van der Waals surface area contributed by atoms with Gasteiger partial charge in [0.1, 0.15) is 0 Å². The van der Waals surface area contributed by atoms with Gasteiger partial charge < -0.3 is 10.0 Å². The van der Waals surface area contributed by atoms with Crippen LogP contribution in [0.4, 0.5) is 5.69 Å². The maximum atomic E-state index is 9.48. The molecule has 0 spiro atoms. The van der Waals surface area contributed by atoms with Crippen LogP contribution in [-0.4, -0.2) is 23.7 Å². The highest BCUT2D eigenvalue weighted by Crippen LogP contribution is 2.18. The Morgan fingerprint density at radius 2 is 1.89 bits per heavy atom. The molecule has 1 N–H and O–H groups in total. The molecular weight excluding hydrogens is 236 g/mol. The number of aromatic nitrogens is 1. The van der Waals surface area contributed by atoms with E-state index in [1.54, 1.807) is 6.92 Å². The highest BCUT2D eigenvalue weighted by atomic mass is 16.3. The van der Waals surface area contributed by atoms with Crippen LogP contribution in [0, 0.1) is 0 Å². The lowest BCUT2D eigenvalue weighted by Gasteiger charge is -2.19. The zero-order chi connectivity index (χ0) is 13.7. The van der Waals surface area contributed by atoms with Crippen LogP contribution in [0.3, 0.4) is 0 Å². The fourth-order valence-corrected chi connectivity index (χ4v) is 1.96. The molecule has 0 aliphatic rings. The van der Waals surface area contributed by atoms with Gasteiger partial charge in [-0.15, -0.1) is 0 Å². The summed E-state index contributed by atoms with van der Waals surface area (Å²) in [7, 11) is 2.07. The van der Waals surface area contributed by atoms with Gasteiger partial charge in [-0.1, -0.05) is 18.2 Å². The summed E-state index contributed by atoms with van der Waals surface area (Å²) >= 11 is 0. The van der Waals surface area contributed by atoms with E-state index in [9.17, 15) is 5.11 Å². The normalized spacial score (nSPS) is 12.2. The minimum atomic E-state index is -0.409. The molecular formula is C16H20N2O. The molecule has 100 valence electrons. The number of aliphatic hydroxyl groups excluding tert-OH is 1. The summed E-state index contributed by atoms with van der Waals surface area (Å²) in [5, 5.41) is 9.48. The number of pyridine rings is 1. The molecule has 0 fully saturated rings. The second-order valence-corrected chi connectivity index (χ2v) is 4.76. The summed E-state index contributed by atoms with van der Waals surface area (Å²) in [5.74, 6) is 0. The van der Waals surface area contributed by atoms with E-state index in [1.165, 1.54) is 0 Å². The highest BCUT2D eigenvalue weighted by molar-refractivity contribution is 5.47. The van der Waals surface area contributed by atoms with Crippen molar-refractivity contribution in [2.45, 2.75) is 19.4 Å². The van der Waals surface area contributed by atoms with Crippen LogP contribution >= 0.6 is 0 Å². The predicted molar refractivity (Wildman–Crippen MR) is 78.3 cm³/mol. The van der Waals surface area contributed by atoms with Crippen LogP contribution in [0.15, 0.2) is 48.7 Å². The topological polar surface area (TPSA) is 36.4 Å². The van der Waals surface area contributed by atoms with Gasteiger partial charge >= 0.3 is 0 Å². The maximum absolute atomic E-state index is 9.48. The fourth-order valence-electron chi connectivity index (χ4n) is 1.96. The summed E-state index contributed by atoms with van der Waals surface area (Å²) < 4.78 is 0. The molecule has 1 heterocycles. The molecule has 0 aliphatic carbocycles. The minimum Gasteiger partial charge on any atom is -0.389 e. The van der Waals surface area contributed by atoms with Gasteiger partial charge in [0, 0.05) is 37.6 Å². The summed E-state index contributed by atoms with van der Waals surface area (Å²) in [4.78, 5) is 6.52. The van der Waals surface area contributed by atoms with Crippen molar-refractivity contribution < 1.29 is 5.11 Å². The number of anilines is 1. The molecule has 0 bridgehead atoms. The van der Waals surface area contributed by atoms with Gasteiger partial charge in [0.25, 0.3) is 0 Å². The third kappa shape index (κ3) is 3.80. The van der Waals surface area contributed by atoms with Gasteiger partial charge in [-0.2, -0.15) is 0 Å². The first-order valence-electron chi connectivity index (χ1n) is 6.56. The first-order valence-corrected chi connectivity index (χ1v) is 6.56. The van der Waals surface area contributed by atoms with Crippen molar-refractivity contribution in [2.24, 2.45) is 0 Å².